The Morgan fingerprint density at radius 1 is 1.24 bits per heavy atom. The van der Waals surface area contributed by atoms with Crippen LogP contribution < -0.4 is 4.90 Å². The number of alkyl halides is 3. The monoisotopic (exact) mass is 483 g/mol. The Balaban J connectivity index is 0.00000158. The number of aliphatic hydroxyl groups excluding tert-OH is 1. The van der Waals surface area contributed by atoms with E-state index in [4.69, 9.17) is 9.52 Å². The number of carbonyl (C=O) groups excluding carboxylic acids is 1. The predicted octanol–water partition coefficient (Wildman–Crippen LogP) is 4.05. The van der Waals surface area contributed by atoms with Crippen LogP contribution in [0.1, 0.15) is 31.4 Å². The molecule has 0 unspecified atom stereocenters. The van der Waals surface area contributed by atoms with E-state index < -0.39 is 24.0 Å². The molecule has 184 valence electrons. The van der Waals surface area contributed by atoms with Gasteiger partial charge in [0.05, 0.1) is 12.0 Å². The minimum atomic E-state index is -4.25. The number of aldehydes is 1. The molecule has 7 nitrogen and oxygen atoms in total. The number of anilines is 1. The lowest BCUT2D eigenvalue weighted by molar-refractivity contribution is -0.135. The maximum Gasteiger partial charge on any atom is 0.389 e. The van der Waals surface area contributed by atoms with Gasteiger partial charge in [0.25, 0.3) is 0 Å². The number of nitrogens with zero attached hydrogens (tertiary/aromatic N) is 3. The number of halogens is 4. The van der Waals surface area contributed by atoms with Gasteiger partial charge in [0.15, 0.2) is 23.5 Å². The third-order valence-electron chi connectivity index (χ3n) is 5.62. The molecule has 0 radical (unpaired) electrons. The van der Waals surface area contributed by atoms with Crippen LogP contribution in [0.3, 0.4) is 0 Å². The summed E-state index contributed by atoms with van der Waals surface area (Å²) in [5, 5.41) is 17.7. The quantitative estimate of drug-likeness (QED) is 0.403. The summed E-state index contributed by atoms with van der Waals surface area (Å²) in [6.07, 6.45) is -1.58. The van der Waals surface area contributed by atoms with Crippen LogP contribution in [0.5, 0.6) is 0 Å². The fourth-order valence-electron chi connectivity index (χ4n) is 3.83. The van der Waals surface area contributed by atoms with Crippen LogP contribution in [0, 0.1) is 5.82 Å². The van der Waals surface area contributed by atoms with Crippen molar-refractivity contribution in [2.24, 2.45) is 0 Å². The van der Waals surface area contributed by atoms with Gasteiger partial charge < -0.3 is 24.3 Å². The van der Waals surface area contributed by atoms with Crippen LogP contribution in [0.2, 0.25) is 0 Å². The molecular formula is C23H25F4N3O4. The molecule has 1 fully saturated rings. The summed E-state index contributed by atoms with van der Waals surface area (Å²) in [6, 6.07) is 4.59. The van der Waals surface area contributed by atoms with E-state index in [1.807, 2.05) is 4.90 Å². The van der Waals surface area contributed by atoms with Crippen molar-refractivity contribution in [3.63, 3.8) is 0 Å². The number of carbonyl (C=O) groups is 1. The number of hydrogen-bond acceptors (Lipinski definition) is 7. The minimum absolute atomic E-state index is 0.0844. The van der Waals surface area contributed by atoms with Crippen molar-refractivity contribution < 1.29 is 37.0 Å². The molecular weight excluding hydrogens is 458 g/mol. The van der Waals surface area contributed by atoms with Gasteiger partial charge in [-0.05, 0) is 31.0 Å². The first kappa shape index (κ1) is 25.6. The number of hydrogen-bond donors (Lipinski definition) is 2. The second kappa shape index (κ2) is 10.5. The van der Waals surface area contributed by atoms with Crippen molar-refractivity contribution in [3.8, 4) is 11.3 Å². The molecule has 2 N–H and O–H groups in total. The van der Waals surface area contributed by atoms with E-state index in [9.17, 15) is 27.5 Å². The van der Waals surface area contributed by atoms with Gasteiger partial charge in [-0.3, -0.25) is 4.98 Å². The highest BCUT2D eigenvalue weighted by Crippen LogP contribution is 2.34. The first-order valence-electron chi connectivity index (χ1n) is 10.7. The van der Waals surface area contributed by atoms with Crippen LogP contribution >= 0.6 is 0 Å². The summed E-state index contributed by atoms with van der Waals surface area (Å²) < 4.78 is 57.2. The smallest absolute Gasteiger partial charge is 0.389 e. The molecule has 0 spiro atoms. The fraction of sp³-hybridized carbons (Fsp3) is 0.435. The Morgan fingerprint density at radius 3 is 2.59 bits per heavy atom. The van der Waals surface area contributed by atoms with Crippen molar-refractivity contribution >= 4 is 23.1 Å². The Bertz CT molecular complexity index is 1130. The van der Waals surface area contributed by atoms with Crippen molar-refractivity contribution in [2.45, 2.75) is 43.9 Å². The second-order valence-electron chi connectivity index (χ2n) is 8.01. The fourth-order valence-corrected chi connectivity index (χ4v) is 3.83. The standard InChI is InChI=1S/C22H21F4N3O3.CH4O/c23-17-11-15(10-14-3-9-32-19(14)17)18-20(29-7-5-21(31,13-30)6-8-29)28-16(12-27-18)2-1-4-22(24,25)26;1-2/h3,9-13,31H,1-2,4-8H2;2H,1H3. The van der Waals surface area contributed by atoms with Crippen LogP contribution in [0.15, 0.2) is 35.1 Å². The molecule has 1 aliphatic rings. The van der Waals surface area contributed by atoms with Gasteiger partial charge in [-0.1, -0.05) is 0 Å². The number of piperidine rings is 1. The third kappa shape index (κ3) is 5.89. The number of fused-ring (bicyclic) bond motifs is 1. The summed E-state index contributed by atoms with van der Waals surface area (Å²) >= 11 is 0. The maximum atomic E-state index is 14.5. The zero-order valence-corrected chi connectivity index (χ0v) is 18.5. The predicted molar refractivity (Wildman–Crippen MR) is 117 cm³/mol. The van der Waals surface area contributed by atoms with Gasteiger partial charge in [0, 0.05) is 56.6 Å². The Morgan fingerprint density at radius 2 is 1.94 bits per heavy atom. The van der Waals surface area contributed by atoms with E-state index in [0.717, 1.165) is 7.11 Å². The van der Waals surface area contributed by atoms with E-state index in [1.54, 1.807) is 12.1 Å². The van der Waals surface area contributed by atoms with Crippen molar-refractivity contribution in [1.82, 2.24) is 9.97 Å². The second-order valence-corrected chi connectivity index (χ2v) is 8.01. The lowest BCUT2D eigenvalue weighted by atomic mass is 9.93. The molecule has 3 aromatic rings. The van der Waals surface area contributed by atoms with Crippen molar-refractivity contribution in [3.05, 3.63) is 42.2 Å². The third-order valence-corrected chi connectivity index (χ3v) is 5.62. The molecule has 11 heteroatoms. The molecule has 0 atom stereocenters. The summed E-state index contributed by atoms with van der Waals surface area (Å²) in [7, 11) is 1.00. The maximum absolute atomic E-state index is 14.5. The van der Waals surface area contributed by atoms with Crippen LogP contribution in [-0.4, -0.2) is 58.4 Å². The van der Waals surface area contributed by atoms with Crippen LogP contribution in [0.25, 0.3) is 22.2 Å². The molecule has 0 aliphatic carbocycles. The number of aromatic nitrogens is 2. The number of furan rings is 1. The zero-order valence-electron chi connectivity index (χ0n) is 18.5. The lowest BCUT2D eigenvalue weighted by Crippen LogP contribution is -2.46. The number of aliphatic hydroxyl groups is 2. The van der Waals surface area contributed by atoms with Gasteiger partial charge in [-0.25, -0.2) is 9.37 Å². The first-order valence-corrected chi connectivity index (χ1v) is 10.7. The number of aryl methyl sites for hydroxylation is 1. The summed E-state index contributed by atoms with van der Waals surface area (Å²) in [6.45, 7) is 0.582. The molecule has 34 heavy (non-hydrogen) atoms. The molecule has 1 aliphatic heterocycles. The summed E-state index contributed by atoms with van der Waals surface area (Å²) in [5.74, 6) is -0.191. The lowest BCUT2D eigenvalue weighted by Gasteiger charge is -2.36. The zero-order chi connectivity index (χ0) is 24.9. The molecule has 0 saturated carbocycles. The van der Waals surface area contributed by atoms with Gasteiger partial charge in [-0.15, -0.1) is 0 Å². The van der Waals surface area contributed by atoms with Crippen LogP contribution in [0.4, 0.5) is 23.4 Å². The van der Waals surface area contributed by atoms with Crippen LogP contribution in [-0.2, 0) is 11.2 Å². The SMILES string of the molecule is CO.O=CC1(O)CCN(c2nc(CCCC(F)(F)F)cnc2-c2cc(F)c3occc3c2)CC1. The number of benzene rings is 1. The molecule has 1 saturated heterocycles. The van der Waals surface area contributed by atoms with E-state index in [0.29, 0.717) is 47.5 Å². The highest BCUT2D eigenvalue weighted by atomic mass is 19.4. The molecule has 2 aromatic heterocycles. The van der Waals surface area contributed by atoms with E-state index in [2.05, 4.69) is 9.97 Å². The molecule has 0 amide bonds. The number of rotatable bonds is 6. The molecule has 0 bridgehead atoms. The van der Waals surface area contributed by atoms with E-state index in [-0.39, 0.29) is 31.3 Å². The molecule has 4 rings (SSSR count). The molecule has 3 heterocycles. The highest BCUT2D eigenvalue weighted by Gasteiger charge is 2.33. The summed E-state index contributed by atoms with van der Waals surface area (Å²) in [4.78, 5) is 21.9. The summed E-state index contributed by atoms with van der Waals surface area (Å²) in [5.41, 5.74) is -0.119. The van der Waals surface area contributed by atoms with Gasteiger partial charge in [-0.2, -0.15) is 13.2 Å². The Hall–Kier alpha value is -3.05. The Labute approximate surface area is 193 Å². The van der Waals surface area contributed by atoms with Crippen molar-refractivity contribution in [1.29, 1.82) is 0 Å². The average Bonchev–Trinajstić information content (AvgIpc) is 3.29. The van der Waals surface area contributed by atoms with E-state index >= 15 is 0 Å². The highest BCUT2D eigenvalue weighted by molar-refractivity contribution is 5.85. The largest absolute Gasteiger partial charge is 0.461 e. The van der Waals surface area contributed by atoms with Gasteiger partial charge in [0.1, 0.15) is 11.3 Å². The first-order chi connectivity index (χ1) is 16.2. The Kier molecular flexibility index (Phi) is 7.88. The van der Waals surface area contributed by atoms with E-state index in [1.165, 1.54) is 18.5 Å². The molecule has 1 aromatic carbocycles. The van der Waals surface area contributed by atoms with Gasteiger partial charge >= 0.3 is 6.18 Å². The topological polar surface area (TPSA) is 99.7 Å². The van der Waals surface area contributed by atoms with Crippen molar-refractivity contribution in [2.75, 3.05) is 25.1 Å². The normalized spacial score (nSPS) is 15.7. The average molecular weight is 483 g/mol. The minimum Gasteiger partial charge on any atom is -0.461 e. The van der Waals surface area contributed by atoms with Gasteiger partial charge in [0.2, 0.25) is 0 Å².